The second kappa shape index (κ2) is 5.93. The van der Waals surface area contributed by atoms with Crippen LogP contribution in [0.4, 0.5) is 5.69 Å². The number of hydrogen-bond donors (Lipinski definition) is 2. The molecule has 1 atom stereocenters. The number of pyridine rings is 1. The van der Waals surface area contributed by atoms with Gasteiger partial charge in [0.1, 0.15) is 0 Å². The molecule has 21 heavy (non-hydrogen) atoms. The van der Waals surface area contributed by atoms with Crippen molar-refractivity contribution in [2.45, 2.75) is 12.5 Å². The summed E-state index contributed by atoms with van der Waals surface area (Å²) in [5, 5.41) is 18.6. The van der Waals surface area contributed by atoms with Crippen molar-refractivity contribution in [3.8, 4) is 0 Å². The summed E-state index contributed by atoms with van der Waals surface area (Å²) in [5.41, 5.74) is 2.91. The third-order valence-electron chi connectivity index (χ3n) is 3.48. The molecule has 3 rings (SSSR count). The minimum atomic E-state index is -0.438. The minimum absolute atomic E-state index is 0.438. The Morgan fingerprint density at radius 3 is 2.86 bits per heavy atom. The lowest BCUT2D eigenvalue weighted by Crippen LogP contribution is -2.21. The summed E-state index contributed by atoms with van der Waals surface area (Å²) in [6.45, 7) is 0.489. The van der Waals surface area contributed by atoms with Crippen molar-refractivity contribution in [3.63, 3.8) is 0 Å². The van der Waals surface area contributed by atoms with Gasteiger partial charge in [0.15, 0.2) is 5.65 Å². The van der Waals surface area contributed by atoms with E-state index in [2.05, 4.69) is 15.4 Å². The molecule has 0 aliphatic carbocycles. The highest BCUT2D eigenvalue weighted by atomic mass is 16.3. The fraction of sp³-hybridized carbons (Fsp3) is 0.250. The van der Waals surface area contributed by atoms with Crippen molar-refractivity contribution in [2.24, 2.45) is 7.05 Å². The van der Waals surface area contributed by atoms with Gasteiger partial charge < -0.3 is 10.4 Å². The number of fused-ring (bicyclic) bond motifs is 1. The number of rotatable bonds is 5. The lowest BCUT2D eigenvalue weighted by Gasteiger charge is -2.13. The maximum atomic E-state index is 10.1. The smallest absolute Gasteiger partial charge is 0.159 e. The van der Waals surface area contributed by atoms with Gasteiger partial charge in [-0.25, -0.2) is 4.98 Å². The number of aryl methyl sites for hydroxylation is 1. The van der Waals surface area contributed by atoms with Crippen molar-refractivity contribution < 1.29 is 5.11 Å². The van der Waals surface area contributed by atoms with Crippen molar-refractivity contribution in [1.29, 1.82) is 0 Å². The van der Waals surface area contributed by atoms with Crippen LogP contribution in [0, 0.1) is 0 Å². The van der Waals surface area contributed by atoms with E-state index < -0.39 is 6.10 Å². The van der Waals surface area contributed by atoms with Gasteiger partial charge in [-0.2, -0.15) is 5.10 Å². The van der Waals surface area contributed by atoms with E-state index in [4.69, 9.17) is 0 Å². The first-order valence-corrected chi connectivity index (χ1v) is 6.96. The molecule has 0 unspecified atom stereocenters. The van der Waals surface area contributed by atoms with Crippen LogP contribution < -0.4 is 5.32 Å². The van der Waals surface area contributed by atoms with Crippen LogP contribution in [0.1, 0.15) is 5.56 Å². The molecule has 2 heterocycles. The zero-order chi connectivity index (χ0) is 14.7. The average Bonchev–Trinajstić information content (AvgIpc) is 2.88. The topological polar surface area (TPSA) is 63.0 Å². The fourth-order valence-electron chi connectivity index (χ4n) is 2.39. The number of nitrogens with zero attached hydrogens (tertiary/aromatic N) is 3. The van der Waals surface area contributed by atoms with Gasteiger partial charge in [0.05, 0.1) is 17.7 Å². The van der Waals surface area contributed by atoms with E-state index >= 15 is 0 Å². The second-order valence-electron chi connectivity index (χ2n) is 5.09. The molecular weight excluding hydrogens is 264 g/mol. The molecule has 0 radical (unpaired) electrons. The van der Waals surface area contributed by atoms with Crippen LogP contribution >= 0.6 is 0 Å². The van der Waals surface area contributed by atoms with Crippen LogP contribution in [0.2, 0.25) is 0 Å². The zero-order valence-corrected chi connectivity index (χ0v) is 11.9. The van der Waals surface area contributed by atoms with Crippen LogP contribution in [0.3, 0.4) is 0 Å². The minimum Gasteiger partial charge on any atom is -0.391 e. The largest absolute Gasteiger partial charge is 0.391 e. The number of hydrogen-bond acceptors (Lipinski definition) is 4. The first-order valence-electron chi connectivity index (χ1n) is 6.96. The van der Waals surface area contributed by atoms with Crippen molar-refractivity contribution in [2.75, 3.05) is 11.9 Å². The SMILES string of the molecule is Cn1ncc2c(NC[C@@H](O)Cc3ccccc3)ccnc21. The normalized spacial score (nSPS) is 12.5. The summed E-state index contributed by atoms with van der Waals surface area (Å²) in [5.74, 6) is 0. The third kappa shape index (κ3) is 3.03. The average molecular weight is 282 g/mol. The summed E-state index contributed by atoms with van der Waals surface area (Å²) < 4.78 is 1.74. The Kier molecular flexibility index (Phi) is 3.83. The standard InChI is InChI=1S/C16H18N4O/c1-20-16-14(11-19-20)15(7-8-17-16)18-10-13(21)9-12-5-3-2-4-6-12/h2-8,11,13,21H,9-10H2,1H3,(H,17,18)/t13-/m0/s1. The van der Waals surface area contributed by atoms with Crippen molar-refractivity contribution in [1.82, 2.24) is 14.8 Å². The number of anilines is 1. The number of aromatic nitrogens is 3. The van der Waals surface area contributed by atoms with Gasteiger partial charge in [0, 0.05) is 31.9 Å². The van der Waals surface area contributed by atoms with Crippen LogP contribution in [-0.2, 0) is 13.5 Å². The maximum absolute atomic E-state index is 10.1. The van der Waals surface area contributed by atoms with Crippen LogP contribution in [0.5, 0.6) is 0 Å². The Labute approximate surface area is 123 Å². The quantitative estimate of drug-likeness (QED) is 0.751. The predicted molar refractivity (Wildman–Crippen MR) is 83.2 cm³/mol. The molecule has 0 fully saturated rings. The van der Waals surface area contributed by atoms with E-state index in [1.54, 1.807) is 17.1 Å². The van der Waals surface area contributed by atoms with Gasteiger partial charge >= 0.3 is 0 Å². The van der Waals surface area contributed by atoms with Crippen LogP contribution in [0.15, 0.2) is 48.8 Å². The van der Waals surface area contributed by atoms with Gasteiger partial charge in [0.2, 0.25) is 0 Å². The summed E-state index contributed by atoms with van der Waals surface area (Å²) in [6, 6.07) is 11.9. The van der Waals surface area contributed by atoms with Gasteiger partial charge in [0.25, 0.3) is 0 Å². The summed E-state index contributed by atoms with van der Waals surface area (Å²) >= 11 is 0. The molecule has 0 amide bonds. The molecule has 2 aromatic heterocycles. The Morgan fingerprint density at radius 1 is 1.24 bits per heavy atom. The summed E-state index contributed by atoms with van der Waals surface area (Å²) in [7, 11) is 1.86. The first-order chi connectivity index (χ1) is 10.2. The number of aliphatic hydroxyl groups is 1. The highest BCUT2D eigenvalue weighted by Crippen LogP contribution is 2.20. The van der Waals surface area contributed by atoms with E-state index in [0.29, 0.717) is 13.0 Å². The molecule has 5 heteroatoms. The van der Waals surface area contributed by atoms with Crippen LogP contribution in [-0.4, -0.2) is 32.5 Å². The van der Waals surface area contributed by atoms with Crippen molar-refractivity contribution >= 4 is 16.7 Å². The van der Waals surface area contributed by atoms with Gasteiger partial charge in [-0.05, 0) is 11.6 Å². The molecule has 2 N–H and O–H groups in total. The molecule has 0 bridgehead atoms. The Bertz CT molecular complexity index is 723. The van der Waals surface area contributed by atoms with Crippen molar-refractivity contribution in [3.05, 3.63) is 54.4 Å². The van der Waals surface area contributed by atoms with E-state index in [1.165, 1.54) is 0 Å². The highest BCUT2D eigenvalue weighted by Gasteiger charge is 2.09. The van der Waals surface area contributed by atoms with Crippen LogP contribution in [0.25, 0.3) is 11.0 Å². The van der Waals surface area contributed by atoms with E-state index in [1.807, 2.05) is 43.4 Å². The molecule has 0 saturated heterocycles. The molecular formula is C16H18N4O. The lowest BCUT2D eigenvalue weighted by molar-refractivity contribution is 0.188. The van der Waals surface area contributed by atoms with Gasteiger partial charge in [-0.3, -0.25) is 4.68 Å². The monoisotopic (exact) mass is 282 g/mol. The molecule has 0 aliphatic rings. The highest BCUT2D eigenvalue weighted by molar-refractivity contribution is 5.88. The molecule has 5 nitrogen and oxygen atoms in total. The molecule has 1 aromatic carbocycles. The summed E-state index contributed by atoms with van der Waals surface area (Å²) in [4.78, 5) is 4.29. The van der Waals surface area contributed by atoms with Gasteiger partial charge in [-0.15, -0.1) is 0 Å². The van der Waals surface area contributed by atoms with Gasteiger partial charge in [-0.1, -0.05) is 30.3 Å². The fourth-order valence-corrected chi connectivity index (χ4v) is 2.39. The van der Waals surface area contributed by atoms with E-state index in [-0.39, 0.29) is 0 Å². The predicted octanol–water partition coefficient (Wildman–Crippen LogP) is 1.98. The molecule has 0 aliphatic heterocycles. The molecule has 0 spiro atoms. The second-order valence-corrected chi connectivity index (χ2v) is 5.09. The molecule has 108 valence electrons. The Morgan fingerprint density at radius 2 is 2.05 bits per heavy atom. The number of aliphatic hydroxyl groups excluding tert-OH is 1. The summed E-state index contributed by atoms with van der Waals surface area (Å²) in [6.07, 6.45) is 3.73. The van der Waals surface area contributed by atoms with E-state index in [9.17, 15) is 5.11 Å². The Hall–Kier alpha value is -2.40. The Balaban J connectivity index is 1.66. The van der Waals surface area contributed by atoms with E-state index in [0.717, 1.165) is 22.3 Å². The maximum Gasteiger partial charge on any atom is 0.159 e. The third-order valence-corrected chi connectivity index (χ3v) is 3.48. The number of benzene rings is 1. The lowest BCUT2D eigenvalue weighted by atomic mass is 10.1. The molecule has 0 saturated carbocycles. The zero-order valence-electron chi connectivity index (χ0n) is 11.9. The molecule has 3 aromatic rings. The number of nitrogens with one attached hydrogen (secondary N) is 1. The first kappa shape index (κ1) is 13.6.